The zero-order valence-electron chi connectivity index (χ0n) is 16.3. The number of benzene rings is 3. The summed E-state index contributed by atoms with van der Waals surface area (Å²) in [6.45, 7) is 1.74. The van der Waals surface area contributed by atoms with Crippen LogP contribution in [0.3, 0.4) is 0 Å². The van der Waals surface area contributed by atoms with Crippen LogP contribution < -0.4 is 25.2 Å². The number of hydrogen-bond acceptors (Lipinski definition) is 6. The summed E-state index contributed by atoms with van der Waals surface area (Å²) in [7, 11) is 1.76. The lowest BCUT2D eigenvalue weighted by atomic mass is 10.1. The minimum atomic E-state index is -0.847. The number of hydrogen-bond donors (Lipinski definition) is 4. The number of ether oxygens (including phenoxy) is 1. The van der Waals surface area contributed by atoms with Crippen LogP contribution in [0.25, 0.3) is 0 Å². The van der Waals surface area contributed by atoms with Gasteiger partial charge in [0.15, 0.2) is 0 Å². The van der Waals surface area contributed by atoms with Crippen molar-refractivity contribution in [3.8, 4) is 11.5 Å². The first-order valence-electron chi connectivity index (χ1n) is 8.90. The summed E-state index contributed by atoms with van der Waals surface area (Å²) in [5.74, 6) is -1.80. The van der Waals surface area contributed by atoms with Gasteiger partial charge in [-0.2, -0.15) is 0 Å². The van der Waals surface area contributed by atoms with Crippen LogP contribution >= 0.6 is 12.1 Å². The number of halogens is 2. The fraction of sp³-hybridized carbons (Fsp3) is 0.0952. The maximum absolute atomic E-state index is 14.3. The Morgan fingerprint density at radius 3 is 2.57 bits per heavy atom. The number of nitrogens with one attached hydrogen (secondary N) is 3. The number of anilines is 3. The predicted octanol–water partition coefficient (Wildman–Crippen LogP) is 5.10. The summed E-state index contributed by atoms with van der Waals surface area (Å²) in [6.07, 6.45) is 0. The van der Waals surface area contributed by atoms with Crippen molar-refractivity contribution < 1.29 is 18.3 Å². The number of primary amides is 1. The molecule has 30 heavy (non-hydrogen) atoms. The zero-order chi connectivity index (χ0) is 21.7. The molecule has 0 saturated carbocycles. The van der Waals surface area contributed by atoms with E-state index in [9.17, 15) is 13.6 Å². The Morgan fingerprint density at radius 2 is 1.87 bits per heavy atom. The van der Waals surface area contributed by atoms with Gasteiger partial charge in [-0.25, -0.2) is 13.5 Å². The van der Waals surface area contributed by atoms with E-state index >= 15 is 0 Å². The van der Waals surface area contributed by atoms with Gasteiger partial charge in [0.25, 0.3) is 5.91 Å². The number of rotatable bonds is 8. The van der Waals surface area contributed by atoms with Gasteiger partial charge < -0.3 is 20.5 Å². The van der Waals surface area contributed by atoms with Crippen molar-refractivity contribution in [2.75, 3.05) is 17.1 Å². The van der Waals surface area contributed by atoms with Crippen molar-refractivity contribution >= 4 is 35.1 Å². The Labute approximate surface area is 177 Å². The minimum Gasteiger partial charge on any atom is -0.456 e. The topological polar surface area (TPSA) is 88.4 Å². The Balaban J connectivity index is 1.98. The van der Waals surface area contributed by atoms with Crippen molar-refractivity contribution in [3.63, 3.8) is 0 Å². The van der Waals surface area contributed by atoms with Gasteiger partial charge in [0.05, 0.1) is 11.4 Å². The molecule has 0 aliphatic carbocycles. The molecule has 0 aliphatic heterocycles. The number of aryl methyl sites for hydroxylation is 1. The largest absolute Gasteiger partial charge is 0.456 e. The van der Waals surface area contributed by atoms with Crippen LogP contribution in [-0.4, -0.2) is 13.0 Å². The van der Waals surface area contributed by atoms with Crippen LogP contribution in [0.2, 0.25) is 0 Å². The molecule has 0 heterocycles. The Bertz CT molecular complexity index is 1080. The van der Waals surface area contributed by atoms with Gasteiger partial charge >= 0.3 is 0 Å². The third-order valence-electron chi connectivity index (χ3n) is 4.04. The van der Waals surface area contributed by atoms with E-state index in [0.717, 1.165) is 23.4 Å². The van der Waals surface area contributed by atoms with E-state index in [4.69, 9.17) is 10.5 Å². The third kappa shape index (κ3) is 5.19. The summed E-state index contributed by atoms with van der Waals surface area (Å²) in [5, 5.41) is 2.74. The van der Waals surface area contributed by atoms with Crippen molar-refractivity contribution in [2.24, 2.45) is 5.73 Å². The zero-order valence-corrected chi connectivity index (χ0v) is 17.1. The van der Waals surface area contributed by atoms with E-state index in [1.807, 2.05) is 6.07 Å². The second kappa shape index (κ2) is 9.47. The first-order chi connectivity index (χ1) is 14.4. The molecule has 0 radical (unpaired) electrons. The van der Waals surface area contributed by atoms with E-state index < -0.39 is 17.5 Å². The molecule has 0 unspecified atom stereocenters. The van der Waals surface area contributed by atoms with E-state index in [-0.39, 0.29) is 22.7 Å². The average Bonchev–Trinajstić information content (AvgIpc) is 2.68. The van der Waals surface area contributed by atoms with Crippen molar-refractivity contribution in [1.29, 1.82) is 0 Å². The van der Waals surface area contributed by atoms with E-state index in [1.54, 1.807) is 38.2 Å². The molecule has 0 saturated heterocycles. The first kappa shape index (κ1) is 21.4. The molecule has 3 aromatic rings. The molecule has 1 amide bonds. The summed E-state index contributed by atoms with van der Waals surface area (Å²) >= 11 is 1.26. The van der Waals surface area contributed by atoms with Crippen LogP contribution in [0.5, 0.6) is 11.5 Å². The van der Waals surface area contributed by atoms with Gasteiger partial charge in [-0.1, -0.05) is 12.1 Å². The van der Waals surface area contributed by atoms with E-state index in [1.165, 1.54) is 24.3 Å². The number of amides is 1. The quantitative estimate of drug-likeness (QED) is 0.372. The van der Waals surface area contributed by atoms with Crippen LogP contribution in [-0.2, 0) is 0 Å². The normalized spacial score (nSPS) is 10.5. The molecule has 3 aromatic carbocycles. The molecule has 0 bridgehead atoms. The predicted molar refractivity (Wildman–Crippen MR) is 116 cm³/mol. The van der Waals surface area contributed by atoms with Crippen molar-refractivity contribution in [3.05, 3.63) is 77.4 Å². The van der Waals surface area contributed by atoms with Gasteiger partial charge in [0.1, 0.15) is 28.7 Å². The SMILES string of the molecule is CNSNc1cccc(Oc2cc(F)cc(Nc3ccc(C)cc3F)c2C(N)=O)c1. The molecule has 0 aromatic heterocycles. The highest BCUT2D eigenvalue weighted by Crippen LogP contribution is 2.34. The van der Waals surface area contributed by atoms with Crippen LogP contribution in [0.4, 0.5) is 25.8 Å². The molecule has 0 fully saturated rings. The van der Waals surface area contributed by atoms with Crippen LogP contribution in [0.1, 0.15) is 15.9 Å². The number of carbonyl (C=O) groups excluding carboxylic acids is 1. The standard InChI is InChI=1S/C21H20F2N4O2S/c1-12-6-7-17(16(23)8-12)26-18-9-13(22)10-19(20(18)21(24)28)29-15-5-3-4-14(11-15)27-30-25-2/h3-11,25-27H,1-2H3,(H2,24,28). The maximum Gasteiger partial charge on any atom is 0.254 e. The fourth-order valence-electron chi connectivity index (χ4n) is 2.74. The lowest BCUT2D eigenvalue weighted by Crippen LogP contribution is -2.15. The van der Waals surface area contributed by atoms with Crippen LogP contribution in [0.15, 0.2) is 54.6 Å². The molecule has 0 aliphatic rings. The second-order valence-corrected chi connectivity index (χ2v) is 7.15. The van der Waals surface area contributed by atoms with Gasteiger partial charge in [-0.15, -0.1) is 0 Å². The van der Waals surface area contributed by atoms with E-state index in [2.05, 4.69) is 14.8 Å². The molecule has 3 rings (SSSR count). The number of carbonyl (C=O) groups is 1. The van der Waals surface area contributed by atoms with Gasteiger partial charge in [0, 0.05) is 30.0 Å². The monoisotopic (exact) mass is 430 g/mol. The molecule has 156 valence electrons. The minimum absolute atomic E-state index is 0.000251. The van der Waals surface area contributed by atoms with Crippen molar-refractivity contribution in [1.82, 2.24) is 4.72 Å². The Morgan fingerprint density at radius 1 is 1.07 bits per heavy atom. The lowest BCUT2D eigenvalue weighted by Gasteiger charge is -2.16. The highest BCUT2D eigenvalue weighted by Gasteiger charge is 2.19. The fourth-order valence-corrected chi connectivity index (χ4v) is 3.09. The Hall–Kier alpha value is -3.30. The Kier molecular flexibility index (Phi) is 6.76. The summed E-state index contributed by atoms with van der Waals surface area (Å²) < 4.78 is 40.2. The molecule has 6 nitrogen and oxygen atoms in total. The molecule has 9 heteroatoms. The summed E-state index contributed by atoms with van der Waals surface area (Å²) in [4.78, 5) is 12.1. The molecular formula is C21H20F2N4O2S. The maximum atomic E-state index is 14.3. The highest BCUT2D eigenvalue weighted by atomic mass is 32.2. The second-order valence-electron chi connectivity index (χ2n) is 6.34. The molecule has 0 spiro atoms. The number of nitrogens with two attached hydrogens (primary N) is 1. The van der Waals surface area contributed by atoms with Crippen molar-refractivity contribution in [2.45, 2.75) is 6.92 Å². The lowest BCUT2D eigenvalue weighted by molar-refractivity contribution is 0.0999. The smallest absolute Gasteiger partial charge is 0.254 e. The van der Waals surface area contributed by atoms with Gasteiger partial charge in [-0.3, -0.25) is 4.79 Å². The average molecular weight is 430 g/mol. The molecular weight excluding hydrogens is 410 g/mol. The van der Waals surface area contributed by atoms with Gasteiger partial charge in [-0.05, 0) is 49.9 Å². The van der Waals surface area contributed by atoms with E-state index in [0.29, 0.717) is 5.75 Å². The molecule has 5 N–H and O–H groups in total. The summed E-state index contributed by atoms with van der Waals surface area (Å²) in [5.41, 5.74) is 6.96. The molecule has 0 atom stereocenters. The third-order valence-corrected chi connectivity index (χ3v) is 4.58. The highest BCUT2D eigenvalue weighted by molar-refractivity contribution is 7.98. The van der Waals surface area contributed by atoms with Crippen LogP contribution in [0, 0.1) is 18.6 Å². The van der Waals surface area contributed by atoms with Gasteiger partial charge in [0.2, 0.25) is 0 Å². The first-order valence-corrected chi connectivity index (χ1v) is 9.72. The summed E-state index contributed by atoms with van der Waals surface area (Å²) in [6, 6.07) is 13.5.